The monoisotopic (exact) mass is 412 g/mol. The maximum Gasteiger partial charge on any atom is 0.270 e. The molecular formula is C22H28N4O4. The van der Waals surface area contributed by atoms with Crippen molar-refractivity contribution in [3.05, 3.63) is 36.0 Å². The Bertz CT molecular complexity index is 936. The van der Waals surface area contributed by atoms with Crippen LogP contribution in [0.15, 0.2) is 30.3 Å². The van der Waals surface area contributed by atoms with Crippen LogP contribution in [0, 0.1) is 5.92 Å². The summed E-state index contributed by atoms with van der Waals surface area (Å²) in [7, 11) is 1.54. The Labute approximate surface area is 176 Å². The van der Waals surface area contributed by atoms with Gasteiger partial charge in [0, 0.05) is 44.1 Å². The van der Waals surface area contributed by atoms with Gasteiger partial charge in [0.1, 0.15) is 11.4 Å². The molecule has 3 amide bonds. The number of hydrogen-bond acceptors (Lipinski definition) is 5. The van der Waals surface area contributed by atoms with Crippen molar-refractivity contribution in [2.24, 2.45) is 5.92 Å². The summed E-state index contributed by atoms with van der Waals surface area (Å²) in [6.45, 7) is 5.90. The first kappa shape index (κ1) is 21.5. The van der Waals surface area contributed by atoms with Crippen molar-refractivity contribution in [1.82, 2.24) is 20.1 Å². The van der Waals surface area contributed by atoms with E-state index in [1.807, 2.05) is 32.0 Å². The lowest BCUT2D eigenvalue weighted by Crippen LogP contribution is -2.52. The Morgan fingerprint density at radius 3 is 2.33 bits per heavy atom. The SMILES string of the molecule is COc1cc(C(=O)NCC(=O)N2CCN(C(=O)CC(C)C)CC2)nc2ccccc12. The Morgan fingerprint density at radius 2 is 1.70 bits per heavy atom. The molecule has 3 rings (SSSR count). The highest BCUT2D eigenvalue weighted by Gasteiger charge is 2.24. The zero-order valence-electron chi connectivity index (χ0n) is 17.7. The van der Waals surface area contributed by atoms with E-state index in [-0.39, 0.29) is 24.1 Å². The number of amides is 3. The summed E-state index contributed by atoms with van der Waals surface area (Å²) in [5.74, 6) is 0.390. The minimum Gasteiger partial charge on any atom is -0.496 e. The molecule has 0 bridgehead atoms. The molecule has 0 spiro atoms. The van der Waals surface area contributed by atoms with Gasteiger partial charge in [-0.2, -0.15) is 0 Å². The lowest BCUT2D eigenvalue weighted by atomic mass is 10.1. The van der Waals surface area contributed by atoms with E-state index < -0.39 is 5.91 Å². The van der Waals surface area contributed by atoms with Gasteiger partial charge < -0.3 is 19.9 Å². The summed E-state index contributed by atoms with van der Waals surface area (Å²) in [5, 5.41) is 3.46. The van der Waals surface area contributed by atoms with Gasteiger partial charge in [-0.25, -0.2) is 4.98 Å². The molecule has 1 saturated heterocycles. The third-order valence-corrected chi connectivity index (χ3v) is 5.10. The molecule has 0 atom stereocenters. The van der Waals surface area contributed by atoms with Crippen molar-refractivity contribution < 1.29 is 19.1 Å². The summed E-state index contributed by atoms with van der Waals surface area (Å²) in [6.07, 6.45) is 0.520. The Balaban J connectivity index is 1.55. The summed E-state index contributed by atoms with van der Waals surface area (Å²) in [5.41, 5.74) is 0.845. The van der Waals surface area contributed by atoms with Crippen molar-refractivity contribution in [3.63, 3.8) is 0 Å². The second kappa shape index (κ2) is 9.56. The molecule has 1 N–H and O–H groups in total. The number of carbonyl (C=O) groups excluding carboxylic acids is 3. The number of nitrogens with one attached hydrogen (secondary N) is 1. The van der Waals surface area contributed by atoms with E-state index in [1.165, 1.54) is 0 Å². The van der Waals surface area contributed by atoms with Crippen molar-refractivity contribution in [2.45, 2.75) is 20.3 Å². The van der Waals surface area contributed by atoms with Crippen molar-refractivity contribution in [1.29, 1.82) is 0 Å². The van der Waals surface area contributed by atoms with Crippen LogP contribution in [-0.2, 0) is 9.59 Å². The first-order valence-corrected chi connectivity index (χ1v) is 10.2. The number of piperazine rings is 1. The molecule has 0 saturated carbocycles. The molecule has 2 aromatic rings. The number of rotatable bonds is 6. The van der Waals surface area contributed by atoms with Crippen molar-refractivity contribution in [3.8, 4) is 5.75 Å². The zero-order valence-corrected chi connectivity index (χ0v) is 17.7. The number of carbonyl (C=O) groups is 3. The maximum atomic E-state index is 12.5. The average Bonchev–Trinajstić information content (AvgIpc) is 2.76. The number of aromatic nitrogens is 1. The quantitative estimate of drug-likeness (QED) is 0.780. The molecule has 0 aliphatic carbocycles. The van der Waals surface area contributed by atoms with Crippen molar-refractivity contribution in [2.75, 3.05) is 39.8 Å². The van der Waals surface area contributed by atoms with Crippen LogP contribution in [0.25, 0.3) is 10.9 Å². The highest BCUT2D eigenvalue weighted by Crippen LogP contribution is 2.24. The lowest BCUT2D eigenvalue weighted by molar-refractivity contribution is -0.139. The molecule has 1 aromatic carbocycles. The molecule has 1 fully saturated rings. The van der Waals surface area contributed by atoms with Crippen LogP contribution in [0.3, 0.4) is 0 Å². The summed E-state index contributed by atoms with van der Waals surface area (Å²) < 4.78 is 5.36. The number of pyridine rings is 1. The Morgan fingerprint density at radius 1 is 1.07 bits per heavy atom. The molecule has 8 heteroatoms. The zero-order chi connectivity index (χ0) is 21.7. The minimum atomic E-state index is -0.432. The molecule has 8 nitrogen and oxygen atoms in total. The fraction of sp³-hybridized carbons (Fsp3) is 0.455. The smallest absolute Gasteiger partial charge is 0.270 e. The van der Waals surface area contributed by atoms with E-state index in [2.05, 4.69) is 10.3 Å². The molecule has 0 unspecified atom stereocenters. The van der Waals surface area contributed by atoms with Gasteiger partial charge in [-0.3, -0.25) is 14.4 Å². The number of methoxy groups -OCH3 is 1. The fourth-order valence-electron chi connectivity index (χ4n) is 3.47. The first-order valence-electron chi connectivity index (χ1n) is 10.2. The normalized spacial score (nSPS) is 14.1. The largest absolute Gasteiger partial charge is 0.496 e. The van der Waals surface area contributed by atoms with Gasteiger partial charge in [-0.05, 0) is 18.1 Å². The number of hydrogen-bond donors (Lipinski definition) is 1. The van der Waals surface area contributed by atoms with Gasteiger partial charge >= 0.3 is 0 Å². The molecule has 2 heterocycles. The first-order chi connectivity index (χ1) is 14.4. The molecule has 1 aromatic heterocycles. The number of fused-ring (bicyclic) bond motifs is 1. The molecule has 1 aliphatic rings. The third kappa shape index (κ3) is 5.06. The van der Waals surface area contributed by atoms with Gasteiger partial charge in [-0.1, -0.05) is 26.0 Å². The van der Waals surface area contributed by atoms with Gasteiger partial charge in [0.25, 0.3) is 5.91 Å². The second-order valence-corrected chi connectivity index (χ2v) is 7.77. The molecule has 1 aliphatic heterocycles. The number of ether oxygens (including phenoxy) is 1. The van der Waals surface area contributed by atoms with E-state index in [9.17, 15) is 14.4 Å². The van der Waals surface area contributed by atoms with Crippen molar-refractivity contribution >= 4 is 28.6 Å². The Kier molecular flexibility index (Phi) is 6.87. The molecule has 0 radical (unpaired) electrons. The second-order valence-electron chi connectivity index (χ2n) is 7.77. The lowest BCUT2D eigenvalue weighted by Gasteiger charge is -2.35. The van der Waals surface area contributed by atoms with Gasteiger partial charge in [0.05, 0.1) is 19.2 Å². The number of para-hydroxylation sites is 1. The molecule has 160 valence electrons. The third-order valence-electron chi connectivity index (χ3n) is 5.10. The van der Waals surface area contributed by atoms with Crippen LogP contribution in [-0.4, -0.2) is 72.3 Å². The van der Waals surface area contributed by atoms with Crippen LogP contribution in [0.2, 0.25) is 0 Å². The summed E-state index contributed by atoms with van der Waals surface area (Å²) in [4.78, 5) is 45.0. The van der Waals surface area contributed by atoms with Gasteiger partial charge in [0.15, 0.2) is 0 Å². The predicted octanol–water partition coefficient (Wildman–Crippen LogP) is 1.69. The maximum absolute atomic E-state index is 12.5. The molecule has 30 heavy (non-hydrogen) atoms. The van der Waals surface area contributed by atoms with Crippen LogP contribution in [0.4, 0.5) is 0 Å². The minimum absolute atomic E-state index is 0.115. The standard InChI is InChI=1S/C22H28N4O4/c1-15(2)12-20(27)25-8-10-26(11-9-25)21(28)14-23-22(29)18-13-19(30-3)16-6-4-5-7-17(16)24-18/h4-7,13,15H,8-12,14H2,1-3H3,(H,23,29). The van der Waals surface area contributed by atoms with E-state index in [0.717, 1.165) is 5.39 Å². The number of nitrogens with zero attached hydrogens (tertiary/aromatic N) is 3. The topological polar surface area (TPSA) is 91.8 Å². The van der Waals surface area contributed by atoms with E-state index in [1.54, 1.807) is 29.0 Å². The van der Waals surface area contributed by atoms with Gasteiger partial charge in [-0.15, -0.1) is 0 Å². The Hall–Kier alpha value is -3.16. The van der Waals surface area contributed by atoms with Gasteiger partial charge in [0.2, 0.25) is 11.8 Å². The van der Waals surface area contributed by atoms with E-state index in [4.69, 9.17) is 4.74 Å². The highest BCUT2D eigenvalue weighted by atomic mass is 16.5. The van der Waals surface area contributed by atoms with Crippen LogP contribution >= 0.6 is 0 Å². The van der Waals surface area contributed by atoms with E-state index in [0.29, 0.717) is 49.8 Å². The molecular weight excluding hydrogens is 384 g/mol. The van der Waals surface area contributed by atoms with Crippen LogP contribution < -0.4 is 10.1 Å². The summed E-state index contributed by atoms with van der Waals surface area (Å²) in [6, 6.07) is 8.96. The van der Waals surface area contributed by atoms with Crippen LogP contribution in [0.1, 0.15) is 30.8 Å². The predicted molar refractivity (Wildman–Crippen MR) is 113 cm³/mol. The highest BCUT2D eigenvalue weighted by molar-refractivity contribution is 5.98. The summed E-state index contributed by atoms with van der Waals surface area (Å²) >= 11 is 0. The van der Waals surface area contributed by atoms with E-state index >= 15 is 0 Å². The average molecular weight is 412 g/mol. The fourth-order valence-corrected chi connectivity index (χ4v) is 3.47. The number of benzene rings is 1. The van der Waals surface area contributed by atoms with Crippen LogP contribution in [0.5, 0.6) is 5.75 Å².